The molecule has 13 nitrogen and oxygen atoms in total. The van der Waals surface area contributed by atoms with Gasteiger partial charge in [-0.05, 0) is 75.1 Å². The monoisotopic (exact) mass is 872 g/mol. The molecule has 3 aromatic carbocycles. The van der Waals surface area contributed by atoms with Gasteiger partial charge in [0.1, 0.15) is 35.4 Å². The fourth-order valence-corrected chi connectivity index (χ4v) is 9.73. The highest BCUT2D eigenvalue weighted by molar-refractivity contribution is 7.44. The van der Waals surface area contributed by atoms with Crippen LogP contribution in [0.25, 0.3) is 0 Å². The first-order chi connectivity index (χ1) is 30.1. The summed E-state index contributed by atoms with van der Waals surface area (Å²) < 4.78 is 49.3. The normalized spacial score (nSPS) is 18.3. The lowest BCUT2D eigenvalue weighted by molar-refractivity contribution is -0.0977. The molecule has 0 bridgehead atoms. The number of hydrogen-bond acceptors (Lipinski definition) is 11. The van der Waals surface area contributed by atoms with Gasteiger partial charge in [0.15, 0.2) is 6.23 Å². The summed E-state index contributed by atoms with van der Waals surface area (Å²) in [5.41, 5.74) is 0.170. The minimum atomic E-state index is -1.80. The van der Waals surface area contributed by atoms with Gasteiger partial charge in [0.25, 0.3) is 14.1 Å². The predicted octanol–water partition coefficient (Wildman–Crippen LogP) is 9.26. The third-order valence-corrected chi connectivity index (χ3v) is 13.1. The van der Waals surface area contributed by atoms with Crippen molar-refractivity contribution in [1.82, 2.24) is 14.2 Å². The second kappa shape index (κ2) is 24.5. The van der Waals surface area contributed by atoms with Gasteiger partial charge in [-0.3, -0.25) is 14.3 Å². The van der Waals surface area contributed by atoms with E-state index >= 15 is 0 Å². The van der Waals surface area contributed by atoms with Gasteiger partial charge in [0.2, 0.25) is 0 Å². The van der Waals surface area contributed by atoms with Crippen LogP contribution >= 0.6 is 8.53 Å². The van der Waals surface area contributed by atoms with Crippen LogP contribution in [0.5, 0.6) is 11.5 Å². The molecule has 1 N–H and O–H groups in total. The van der Waals surface area contributed by atoms with Gasteiger partial charge in [0, 0.05) is 31.0 Å². The summed E-state index contributed by atoms with van der Waals surface area (Å²) in [5.74, 6) is 1.38. The highest BCUT2D eigenvalue weighted by Gasteiger charge is 2.51. The smallest absolute Gasteiger partial charge is 0.330 e. The third-order valence-electron chi connectivity index (χ3n) is 11.0. The maximum atomic E-state index is 13.6. The molecular weight excluding hydrogens is 808 g/mol. The molecule has 5 rings (SSSR count). The first kappa shape index (κ1) is 48.6. The Morgan fingerprint density at radius 3 is 1.92 bits per heavy atom. The van der Waals surface area contributed by atoms with Crippen LogP contribution in [0, 0.1) is 11.3 Å². The van der Waals surface area contributed by atoms with E-state index in [-0.39, 0.29) is 31.7 Å². The van der Waals surface area contributed by atoms with Crippen molar-refractivity contribution in [3.8, 4) is 17.6 Å². The zero-order valence-electron chi connectivity index (χ0n) is 37.4. The van der Waals surface area contributed by atoms with Crippen LogP contribution in [0.15, 0.2) is 101 Å². The molecule has 1 aliphatic heterocycles. The lowest BCUT2D eigenvalue weighted by Gasteiger charge is -2.39. The molecule has 1 aliphatic rings. The van der Waals surface area contributed by atoms with Gasteiger partial charge in [-0.15, -0.1) is 0 Å². The van der Waals surface area contributed by atoms with Crippen LogP contribution in [0.3, 0.4) is 0 Å². The van der Waals surface area contributed by atoms with Crippen molar-refractivity contribution in [3.63, 3.8) is 0 Å². The van der Waals surface area contributed by atoms with Gasteiger partial charge >= 0.3 is 5.69 Å². The quantitative estimate of drug-likeness (QED) is 0.0366. The molecule has 4 aromatic rings. The number of H-pyrrole nitrogens is 1. The number of ether oxygens (including phenoxy) is 5. The molecule has 5 atom stereocenters. The van der Waals surface area contributed by atoms with Gasteiger partial charge in [-0.1, -0.05) is 100 Å². The Balaban J connectivity index is 1.63. The second-order valence-electron chi connectivity index (χ2n) is 16.0. The second-order valence-corrected chi connectivity index (χ2v) is 17.4. The van der Waals surface area contributed by atoms with Crippen molar-refractivity contribution in [2.75, 3.05) is 34.0 Å². The van der Waals surface area contributed by atoms with E-state index in [0.29, 0.717) is 18.1 Å². The lowest BCUT2D eigenvalue weighted by Crippen LogP contribution is -2.43. The Morgan fingerprint density at radius 1 is 0.790 bits per heavy atom. The highest BCUT2D eigenvalue weighted by Crippen LogP contribution is 2.51. The number of aromatic amines is 1. The Morgan fingerprint density at radius 2 is 1.37 bits per heavy atom. The fourth-order valence-electron chi connectivity index (χ4n) is 7.96. The molecule has 0 amide bonds. The van der Waals surface area contributed by atoms with Crippen molar-refractivity contribution in [2.24, 2.45) is 0 Å². The minimum Gasteiger partial charge on any atom is -0.497 e. The number of nitrogens with zero attached hydrogens (tertiary/aromatic N) is 3. The molecule has 0 radical (unpaired) electrons. The molecule has 62 heavy (non-hydrogen) atoms. The fraction of sp³-hybridized carbons (Fsp3) is 0.521. The number of benzene rings is 3. The summed E-state index contributed by atoms with van der Waals surface area (Å²) in [7, 11) is 1.46. The standard InChI is InChI=1S/C48H65N4O9P/c1-8-9-10-11-12-13-17-32-57-45-44(61-62(59-33-18-30-49)52(35(2)3)36(4)5)42(60-46(45)51-31-29-43(53)50-47(51)54)34-58-48(37-19-15-14-16-20-37,38-21-25-40(55-6)26-22-38)39-23-27-41(56-7)28-24-39/h14-16,19-29,31,35-36,42,44-46H,8-13,17-18,32-34H2,1-7H3,(H,50,53,54)/t42-,44-,45-,46-,62?/m1/s1. The Bertz CT molecular complexity index is 2020. The summed E-state index contributed by atoms with van der Waals surface area (Å²) in [6.07, 6.45) is 5.77. The third kappa shape index (κ3) is 12.4. The highest BCUT2D eigenvalue weighted by atomic mass is 31.2. The largest absolute Gasteiger partial charge is 0.497 e. The maximum absolute atomic E-state index is 13.6. The van der Waals surface area contributed by atoms with E-state index in [1.807, 2.05) is 78.9 Å². The van der Waals surface area contributed by atoms with Crippen molar-refractivity contribution in [1.29, 1.82) is 5.26 Å². The number of rotatable bonds is 26. The molecular formula is C48H65N4O9P. The summed E-state index contributed by atoms with van der Waals surface area (Å²) >= 11 is 0. The average Bonchev–Trinajstić information content (AvgIpc) is 3.60. The van der Waals surface area contributed by atoms with E-state index in [4.69, 9.17) is 32.7 Å². The Kier molecular flexibility index (Phi) is 19.2. The van der Waals surface area contributed by atoms with Crippen LogP contribution in [0.1, 0.15) is 109 Å². The molecule has 1 saturated heterocycles. The molecule has 0 spiro atoms. The maximum Gasteiger partial charge on any atom is 0.330 e. The van der Waals surface area contributed by atoms with Crippen molar-refractivity contribution in [2.45, 2.75) is 128 Å². The summed E-state index contributed by atoms with van der Waals surface area (Å²) in [4.78, 5) is 28.3. The molecule has 1 fully saturated rings. The van der Waals surface area contributed by atoms with E-state index in [1.165, 1.54) is 36.1 Å². The van der Waals surface area contributed by atoms with E-state index in [1.54, 1.807) is 14.2 Å². The van der Waals surface area contributed by atoms with E-state index < -0.39 is 49.9 Å². The van der Waals surface area contributed by atoms with Crippen molar-refractivity contribution >= 4 is 8.53 Å². The summed E-state index contributed by atoms with van der Waals surface area (Å²) in [6.45, 7) is 11.0. The van der Waals surface area contributed by atoms with Gasteiger partial charge in [-0.2, -0.15) is 5.26 Å². The number of nitrogens with one attached hydrogen (secondary N) is 1. The molecule has 336 valence electrons. The van der Waals surface area contributed by atoms with E-state index in [9.17, 15) is 14.9 Å². The summed E-state index contributed by atoms with van der Waals surface area (Å²) in [5, 5.41) is 9.49. The van der Waals surface area contributed by atoms with Crippen LogP contribution < -0.4 is 20.7 Å². The van der Waals surface area contributed by atoms with Crippen molar-refractivity contribution < 1.29 is 32.7 Å². The molecule has 0 aliphatic carbocycles. The molecule has 2 heterocycles. The number of methoxy groups -OCH3 is 2. The number of nitriles is 1. The predicted molar refractivity (Wildman–Crippen MR) is 241 cm³/mol. The lowest BCUT2D eigenvalue weighted by atomic mass is 9.80. The number of unbranched alkanes of at least 4 members (excludes halogenated alkanes) is 6. The SMILES string of the molecule is CCCCCCCCCO[C@@H]1[C@H](OP(OCCC#N)N(C(C)C)C(C)C)[C@@H](COC(c2ccccc2)(c2ccc(OC)cc2)c2ccc(OC)cc2)O[C@H]1n1ccc(=O)[nH]c1=O. The van der Waals surface area contributed by atoms with Crippen LogP contribution in [0.4, 0.5) is 0 Å². The molecule has 1 unspecified atom stereocenters. The summed E-state index contributed by atoms with van der Waals surface area (Å²) in [6, 6.07) is 29.0. The number of aromatic nitrogens is 2. The van der Waals surface area contributed by atoms with Gasteiger partial charge in [0.05, 0.1) is 39.9 Å². The van der Waals surface area contributed by atoms with E-state index in [0.717, 1.165) is 42.4 Å². The van der Waals surface area contributed by atoms with Gasteiger partial charge in [-0.25, -0.2) is 9.46 Å². The zero-order chi connectivity index (χ0) is 44.5. The van der Waals surface area contributed by atoms with E-state index in [2.05, 4.69) is 50.3 Å². The van der Waals surface area contributed by atoms with Crippen LogP contribution in [0.2, 0.25) is 0 Å². The minimum absolute atomic E-state index is 0.0146. The van der Waals surface area contributed by atoms with Crippen molar-refractivity contribution in [3.05, 3.63) is 129 Å². The molecule has 14 heteroatoms. The first-order valence-corrected chi connectivity index (χ1v) is 23.0. The zero-order valence-corrected chi connectivity index (χ0v) is 38.3. The van der Waals surface area contributed by atoms with Crippen LogP contribution in [-0.2, 0) is 28.9 Å². The van der Waals surface area contributed by atoms with Crippen LogP contribution in [-0.4, -0.2) is 78.7 Å². The first-order valence-electron chi connectivity index (χ1n) is 21.9. The Hall–Kier alpha value is -4.38. The average molecular weight is 873 g/mol. The number of hydrogen-bond donors (Lipinski definition) is 1. The molecule has 0 saturated carbocycles. The molecule has 1 aromatic heterocycles. The Labute approximate surface area is 368 Å². The topological polar surface area (TPSA) is 146 Å². The van der Waals surface area contributed by atoms with Gasteiger partial charge < -0.3 is 32.7 Å².